The number of H-pyrrole nitrogens is 1. The summed E-state index contributed by atoms with van der Waals surface area (Å²) in [5.41, 5.74) is 0.452. The topological polar surface area (TPSA) is 140 Å². The molecule has 0 bridgehead atoms. The van der Waals surface area contributed by atoms with Gasteiger partial charge in [-0.25, -0.2) is 9.37 Å². The minimum atomic E-state index is -1.19. The number of rotatable bonds is 8. The van der Waals surface area contributed by atoms with Gasteiger partial charge in [0.05, 0.1) is 62.9 Å². The van der Waals surface area contributed by atoms with E-state index in [1.165, 1.54) is 7.11 Å². The van der Waals surface area contributed by atoms with Crippen LogP contribution in [0.15, 0.2) is 12.3 Å². The Kier molecular flexibility index (Phi) is 9.23. The summed E-state index contributed by atoms with van der Waals surface area (Å²) in [6.07, 6.45) is 6.82. The number of fused-ring (bicyclic) bond motifs is 3. The highest BCUT2D eigenvalue weighted by Gasteiger charge is 2.49. The van der Waals surface area contributed by atoms with Gasteiger partial charge < -0.3 is 33.7 Å². The summed E-state index contributed by atoms with van der Waals surface area (Å²) < 4.78 is 47.4. The highest BCUT2D eigenvalue weighted by molar-refractivity contribution is 6.35. The first-order chi connectivity index (χ1) is 24.9. The summed E-state index contributed by atoms with van der Waals surface area (Å²) in [5, 5.41) is 19.5. The molecule has 280 valence electrons. The van der Waals surface area contributed by atoms with Gasteiger partial charge in [0.15, 0.2) is 11.6 Å². The van der Waals surface area contributed by atoms with Gasteiger partial charge in [-0.3, -0.25) is 10.00 Å². The zero-order valence-electron chi connectivity index (χ0n) is 30.4. The fourth-order valence-corrected chi connectivity index (χ4v) is 9.13. The molecule has 1 aromatic carbocycles. The van der Waals surface area contributed by atoms with Crippen LogP contribution in [-0.4, -0.2) is 118 Å². The molecule has 3 aliphatic heterocycles. The molecule has 0 spiro atoms. The molecule has 4 fully saturated rings. The molecule has 8 rings (SSSR count). The average Bonchev–Trinajstić information content (AvgIpc) is 3.81. The molecule has 4 aromatic rings. The van der Waals surface area contributed by atoms with Gasteiger partial charge in [-0.1, -0.05) is 18.0 Å². The van der Waals surface area contributed by atoms with Crippen molar-refractivity contribution >= 4 is 39.2 Å². The van der Waals surface area contributed by atoms with Crippen molar-refractivity contribution in [2.24, 2.45) is 5.41 Å². The van der Waals surface area contributed by atoms with Crippen LogP contribution in [0.5, 0.6) is 11.9 Å². The quantitative estimate of drug-likeness (QED) is 0.238. The van der Waals surface area contributed by atoms with E-state index < -0.39 is 17.2 Å². The second kappa shape index (κ2) is 13.5. The molecule has 2 N–H and O–H groups in total. The number of aromatic amines is 1. The largest absolute Gasteiger partial charge is 0.480 e. The van der Waals surface area contributed by atoms with Crippen molar-refractivity contribution in [2.45, 2.75) is 83.3 Å². The van der Waals surface area contributed by atoms with Gasteiger partial charge in [0.25, 0.3) is 0 Å². The van der Waals surface area contributed by atoms with E-state index in [4.69, 9.17) is 50.2 Å². The van der Waals surface area contributed by atoms with Gasteiger partial charge in [0, 0.05) is 35.5 Å². The van der Waals surface area contributed by atoms with Gasteiger partial charge in [-0.05, 0) is 71.6 Å². The van der Waals surface area contributed by atoms with Crippen LogP contribution in [0.1, 0.15) is 58.4 Å². The van der Waals surface area contributed by atoms with Crippen molar-refractivity contribution in [3.63, 3.8) is 0 Å². The number of nitrogens with zero attached hydrogens (tertiary/aromatic N) is 6. The Morgan fingerprint density at radius 3 is 2.77 bits per heavy atom. The molecule has 1 aliphatic carbocycles. The molecule has 4 atom stereocenters. The minimum Gasteiger partial charge on any atom is -0.480 e. The van der Waals surface area contributed by atoms with Crippen LogP contribution < -0.4 is 14.4 Å². The predicted molar refractivity (Wildman–Crippen MR) is 194 cm³/mol. The van der Waals surface area contributed by atoms with Crippen molar-refractivity contribution in [3.05, 3.63) is 28.7 Å². The monoisotopic (exact) mass is 739 g/mol. The molecule has 1 saturated carbocycles. The third kappa shape index (κ3) is 6.45. The fourth-order valence-electron chi connectivity index (χ4n) is 8.88. The summed E-state index contributed by atoms with van der Waals surface area (Å²) in [6.45, 7) is 11.3. The van der Waals surface area contributed by atoms with Crippen molar-refractivity contribution in [2.75, 3.05) is 64.6 Å². The third-order valence-electron chi connectivity index (χ3n) is 11.2. The van der Waals surface area contributed by atoms with Gasteiger partial charge >= 0.3 is 6.01 Å². The standard InChI is InChI=1S/C37H47ClFN7O6/c1-21-14-24-23(15-40-44-24)26(28(21)38)30-29(39)31-27(33(41-30)48-5)32(46-12-13-49-19-36(4,47)18-46)43-34(42-31)50-20-37-9-6-8-25(37)45(11-7-10-37)16-22-17-51-35(2,3)52-22/h14-15,22,25,47H,6-13,16-20H2,1-5H3,(H,40,44)/t22-,25+,36-,37+/m0/s1. The Morgan fingerprint density at radius 1 is 1.15 bits per heavy atom. The van der Waals surface area contributed by atoms with Crippen LogP contribution in [0.4, 0.5) is 10.2 Å². The maximum atomic E-state index is 17.2. The lowest BCUT2D eigenvalue weighted by Gasteiger charge is -2.46. The molecular formula is C37H47ClFN7O6. The summed E-state index contributed by atoms with van der Waals surface area (Å²) in [7, 11) is 1.47. The van der Waals surface area contributed by atoms with Crippen molar-refractivity contribution in [3.8, 4) is 23.1 Å². The van der Waals surface area contributed by atoms with Crippen molar-refractivity contribution < 1.29 is 33.2 Å². The Labute approximate surface area is 307 Å². The zero-order chi connectivity index (χ0) is 36.4. The molecule has 3 aromatic heterocycles. The number of β-amino-alcohol motifs (C(OH)–C–C–N with tert-alkyl or cyclic N) is 1. The number of nitrogens with one attached hydrogen (secondary N) is 1. The van der Waals surface area contributed by atoms with E-state index in [-0.39, 0.29) is 53.2 Å². The molecule has 0 unspecified atom stereocenters. The van der Waals surface area contributed by atoms with Crippen molar-refractivity contribution in [1.29, 1.82) is 0 Å². The number of likely N-dealkylation sites (tertiary alicyclic amines) is 1. The highest BCUT2D eigenvalue weighted by atomic mass is 35.5. The molecule has 52 heavy (non-hydrogen) atoms. The number of pyridine rings is 1. The Morgan fingerprint density at radius 2 is 1.98 bits per heavy atom. The normalized spacial score (nSPS) is 28.0. The second-order valence-corrected chi connectivity index (χ2v) is 16.0. The van der Waals surface area contributed by atoms with E-state index in [9.17, 15) is 5.11 Å². The lowest BCUT2D eigenvalue weighted by Crippen LogP contribution is -2.54. The number of hydrogen-bond donors (Lipinski definition) is 2. The van der Waals surface area contributed by atoms with Gasteiger partial charge in [-0.15, -0.1) is 0 Å². The number of piperidine rings is 1. The number of anilines is 1. The summed E-state index contributed by atoms with van der Waals surface area (Å²) >= 11 is 6.87. The maximum absolute atomic E-state index is 17.2. The van der Waals surface area contributed by atoms with Crippen LogP contribution in [0.3, 0.4) is 0 Å². The second-order valence-electron chi connectivity index (χ2n) is 15.6. The van der Waals surface area contributed by atoms with Crippen LogP contribution in [0, 0.1) is 18.2 Å². The lowest BCUT2D eigenvalue weighted by atomic mass is 9.75. The first-order valence-corrected chi connectivity index (χ1v) is 18.6. The summed E-state index contributed by atoms with van der Waals surface area (Å²) in [5.74, 6) is -0.807. The van der Waals surface area contributed by atoms with E-state index in [1.54, 1.807) is 13.1 Å². The Bertz CT molecular complexity index is 1990. The SMILES string of the molecule is COc1nc(-c2c(Cl)c(C)cc3[nH]ncc23)c(F)c2nc(OC[C@]34CCC[C@H]3N(C[C@H]3COC(C)(C)O3)CCC4)nc(N3CCOC[C@@](C)(O)C3)c12. The zero-order valence-corrected chi connectivity index (χ0v) is 31.2. The van der Waals surface area contributed by atoms with E-state index in [0.717, 1.165) is 50.8 Å². The Balaban J connectivity index is 1.21. The predicted octanol–water partition coefficient (Wildman–Crippen LogP) is 5.43. The molecule has 0 amide bonds. The van der Waals surface area contributed by atoms with Crippen LogP contribution in [0.25, 0.3) is 33.1 Å². The van der Waals surface area contributed by atoms with E-state index in [1.807, 2.05) is 31.7 Å². The summed E-state index contributed by atoms with van der Waals surface area (Å²) in [6, 6.07) is 2.21. The van der Waals surface area contributed by atoms with Gasteiger partial charge in [0.2, 0.25) is 5.88 Å². The fraction of sp³-hybridized carbons (Fsp3) is 0.622. The van der Waals surface area contributed by atoms with Gasteiger partial charge in [-0.2, -0.15) is 15.1 Å². The number of aliphatic hydroxyl groups is 1. The smallest absolute Gasteiger partial charge is 0.319 e. The molecule has 3 saturated heterocycles. The van der Waals surface area contributed by atoms with E-state index in [2.05, 4.69) is 15.1 Å². The maximum Gasteiger partial charge on any atom is 0.319 e. The molecule has 0 radical (unpaired) electrons. The summed E-state index contributed by atoms with van der Waals surface area (Å²) in [4.78, 5) is 18.8. The van der Waals surface area contributed by atoms with E-state index in [0.29, 0.717) is 59.7 Å². The highest BCUT2D eigenvalue weighted by Crippen LogP contribution is 2.49. The first-order valence-electron chi connectivity index (χ1n) is 18.2. The number of hydrogen-bond acceptors (Lipinski definition) is 12. The van der Waals surface area contributed by atoms with Crippen molar-refractivity contribution in [1.82, 2.24) is 30.0 Å². The van der Waals surface area contributed by atoms with E-state index >= 15 is 4.39 Å². The Hall–Kier alpha value is -3.40. The number of ether oxygens (including phenoxy) is 5. The number of halogens is 2. The van der Waals surface area contributed by atoms with Crippen LogP contribution >= 0.6 is 11.6 Å². The first kappa shape index (κ1) is 35.6. The molecule has 6 heterocycles. The minimum absolute atomic E-state index is 0.0134. The third-order valence-corrected chi connectivity index (χ3v) is 11.7. The average molecular weight is 740 g/mol. The molecule has 15 heteroatoms. The molecule has 13 nitrogen and oxygen atoms in total. The number of aryl methyl sites for hydroxylation is 1. The van der Waals surface area contributed by atoms with Gasteiger partial charge in [0.1, 0.15) is 28.0 Å². The molecule has 4 aliphatic rings. The van der Waals surface area contributed by atoms with Crippen LogP contribution in [-0.2, 0) is 14.2 Å². The number of aromatic nitrogens is 5. The number of benzene rings is 1. The lowest BCUT2D eigenvalue weighted by molar-refractivity contribution is -0.143. The number of methoxy groups -OCH3 is 1. The van der Waals surface area contributed by atoms with Crippen LogP contribution in [0.2, 0.25) is 5.02 Å². The molecular weight excluding hydrogens is 693 g/mol.